The Balaban J connectivity index is 1.13. The van der Waals surface area contributed by atoms with Gasteiger partial charge in [-0.2, -0.15) is 10.2 Å². The number of aryl methyl sites for hydroxylation is 3. The van der Waals surface area contributed by atoms with Crippen molar-refractivity contribution in [2.45, 2.75) is 58.0 Å². The summed E-state index contributed by atoms with van der Waals surface area (Å²) in [5, 5.41) is 14.6. The number of thiazole rings is 1. The summed E-state index contributed by atoms with van der Waals surface area (Å²) in [6.07, 6.45) is 13.1. The number of aromatic nitrogens is 5. The molecule has 1 aliphatic carbocycles. The maximum Gasteiger partial charge on any atom is 0.260 e. The van der Waals surface area contributed by atoms with Gasteiger partial charge in [0.1, 0.15) is 11.5 Å². The van der Waals surface area contributed by atoms with Crippen LogP contribution < -0.4 is 10.6 Å². The van der Waals surface area contributed by atoms with Crippen LogP contribution in [-0.2, 0) is 6.54 Å². The minimum Gasteiger partial charge on any atom is -0.351 e. The molecule has 1 saturated heterocycles. The third-order valence-electron chi connectivity index (χ3n) is 8.26. The van der Waals surface area contributed by atoms with Crippen molar-refractivity contribution in [3.63, 3.8) is 0 Å². The molecule has 4 aromatic heterocycles. The highest BCUT2D eigenvalue weighted by atomic mass is 32.1. The maximum absolute atomic E-state index is 13.3. The lowest BCUT2D eigenvalue weighted by molar-refractivity contribution is 0.0561. The number of anilines is 1. The molecule has 2 N–H and O–H groups in total. The molecule has 12 heteroatoms. The van der Waals surface area contributed by atoms with Crippen LogP contribution >= 0.6 is 11.3 Å². The SMILES string of the molecule is Cc1ncc(C(=O)NCCN2CCCC23CCC3)cc1NC(=O)c1cnn2cc(-c3cn(CCF)nc3C)sc12. The number of hydrogen-bond donors (Lipinski definition) is 2. The van der Waals surface area contributed by atoms with Crippen LogP contribution in [0.3, 0.4) is 0 Å². The number of alkyl halides is 1. The van der Waals surface area contributed by atoms with E-state index in [1.807, 2.05) is 19.3 Å². The molecule has 1 saturated carbocycles. The Morgan fingerprint density at radius 2 is 1.90 bits per heavy atom. The molecule has 0 aromatic carbocycles. The minimum absolute atomic E-state index is 0.195. The number of likely N-dealkylation sites (tertiary alicyclic amines) is 1. The van der Waals surface area contributed by atoms with Crippen molar-refractivity contribution in [2.24, 2.45) is 0 Å². The average Bonchev–Trinajstić information content (AvgIpc) is 3.68. The fourth-order valence-electron chi connectivity index (χ4n) is 5.90. The number of amides is 2. The van der Waals surface area contributed by atoms with Crippen molar-refractivity contribution in [1.29, 1.82) is 0 Å². The van der Waals surface area contributed by atoms with Gasteiger partial charge in [0.05, 0.1) is 45.8 Å². The minimum atomic E-state index is -0.491. The molecular weight excluding hydrogens is 531 g/mol. The number of nitrogens with one attached hydrogen (secondary N) is 2. The van der Waals surface area contributed by atoms with Gasteiger partial charge in [-0.05, 0) is 58.6 Å². The first-order valence-electron chi connectivity index (χ1n) is 13.8. The largest absolute Gasteiger partial charge is 0.351 e. The number of hydrogen-bond acceptors (Lipinski definition) is 7. The van der Waals surface area contributed by atoms with Gasteiger partial charge in [-0.25, -0.2) is 8.91 Å². The van der Waals surface area contributed by atoms with Crippen molar-refractivity contribution in [3.05, 3.63) is 53.4 Å². The molecule has 0 unspecified atom stereocenters. The van der Waals surface area contributed by atoms with E-state index in [1.165, 1.54) is 49.6 Å². The molecule has 40 heavy (non-hydrogen) atoms. The number of carbonyl (C=O) groups excluding carboxylic acids is 2. The molecule has 2 amide bonds. The number of rotatable bonds is 9. The highest BCUT2D eigenvalue weighted by molar-refractivity contribution is 7.21. The van der Waals surface area contributed by atoms with E-state index >= 15 is 0 Å². The van der Waals surface area contributed by atoms with Crippen LogP contribution in [0.2, 0.25) is 0 Å². The van der Waals surface area contributed by atoms with Crippen LogP contribution in [0.15, 0.2) is 30.9 Å². The third kappa shape index (κ3) is 4.90. The highest BCUT2D eigenvalue weighted by Crippen LogP contribution is 2.45. The van der Waals surface area contributed by atoms with E-state index < -0.39 is 6.67 Å². The monoisotopic (exact) mass is 564 g/mol. The second kappa shape index (κ2) is 10.7. The van der Waals surface area contributed by atoms with Gasteiger partial charge in [-0.15, -0.1) is 11.3 Å². The van der Waals surface area contributed by atoms with E-state index in [2.05, 4.69) is 30.7 Å². The molecule has 6 rings (SSSR count). The Labute approximate surface area is 235 Å². The number of nitrogens with zero attached hydrogens (tertiary/aromatic N) is 6. The first kappa shape index (κ1) is 26.6. The maximum atomic E-state index is 13.3. The van der Waals surface area contributed by atoms with Crippen molar-refractivity contribution < 1.29 is 14.0 Å². The number of halogens is 1. The van der Waals surface area contributed by atoms with Crippen molar-refractivity contribution in [3.8, 4) is 10.4 Å². The fourth-order valence-corrected chi connectivity index (χ4v) is 7.02. The predicted molar refractivity (Wildman–Crippen MR) is 152 cm³/mol. The number of pyridine rings is 1. The van der Waals surface area contributed by atoms with Gasteiger partial charge in [-0.1, -0.05) is 0 Å². The van der Waals surface area contributed by atoms with E-state index in [0.29, 0.717) is 39.4 Å². The van der Waals surface area contributed by atoms with Crippen molar-refractivity contribution >= 4 is 33.7 Å². The molecule has 0 radical (unpaired) electrons. The second-order valence-electron chi connectivity index (χ2n) is 10.7. The molecule has 0 bridgehead atoms. The summed E-state index contributed by atoms with van der Waals surface area (Å²) in [6, 6.07) is 1.67. The van der Waals surface area contributed by atoms with Crippen LogP contribution in [0.5, 0.6) is 0 Å². The first-order valence-corrected chi connectivity index (χ1v) is 14.6. The van der Waals surface area contributed by atoms with Gasteiger partial charge in [-0.3, -0.25) is 24.2 Å². The van der Waals surface area contributed by atoms with Gasteiger partial charge in [0.25, 0.3) is 11.8 Å². The molecule has 210 valence electrons. The third-order valence-corrected chi connectivity index (χ3v) is 9.40. The molecule has 2 aliphatic rings. The van der Waals surface area contributed by atoms with Gasteiger partial charge < -0.3 is 10.6 Å². The lowest BCUT2D eigenvalue weighted by atomic mass is 9.75. The molecular formula is C28H33FN8O2S. The van der Waals surface area contributed by atoms with Gasteiger partial charge in [0.2, 0.25) is 0 Å². The standard InChI is InChI=1S/C28H33FN8O2S/c1-18-22(16-36(34-18)11-8-29)24-17-37-27(40-24)21(15-32-37)26(39)33-23-13-20(14-31-19(23)2)25(38)30-9-12-35-10-4-7-28(35)5-3-6-28/h13-17H,3-12H2,1-2H3,(H,30,38)(H,33,39). The van der Waals surface area contributed by atoms with Crippen LogP contribution in [0.4, 0.5) is 10.1 Å². The summed E-state index contributed by atoms with van der Waals surface area (Å²) in [6.45, 7) is 5.90. The van der Waals surface area contributed by atoms with E-state index in [-0.39, 0.29) is 18.4 Å². The summed E-state index contributed by atoms with van der Waals surface area (Å²) >= 11 is 1.41. The molecule has 1 aliphatic heterocycles. The Hall–Kier alpha value is -3.64. The van der Waals surface area contributed by atoms with Crippen molar-refractivity contribution in [2.75, 3.05) is 31.6 Å². The lowest BCUT2D eigenvalue weighted by Gasteiger charge is -2.46. The summed E-state index contributed by atoms with van der Waals surface area (Å²) in [5.41, 5.74) is 3.94. The summed E-state index contributed by atoms with van der Waals surface area (Å²) in [4.78, 5) is 34.6. The average molecular weight is 565 g/mol. The number of fused-ring (bicyclic) bond motifs is 1. The quantitative estimate of drug-likeness (QED) is 0.315. The summed E-state index contributed by atoms with van der Waals surface area (Å²) < 4.78 is 16.0. The fraction of sp³-hybridized carbons (Fsp3) is 0.464. The highest BCUT2D eigenvalue weighted by Gasteiger charge is 2.44. The van der Waals surface area contributed by atoms with Crippen molar-refractivity contribution in [1.82, 2.24) is 34.6 Å². The zero-order valence-corrected chi connectivity index (χ0v) is 23.6. The van der Waals surface area contributed by atoms with Crippen LogP contribution in [-0.4, -0.2) is 72.9 Å². The smallest absolute Gasteiger partial charge is 0.260 e. The molecule has 10 nitrogen and oxygen atoms in total. The summed E-state index contributed by atoms with van der Waals surface area (Å²) in [7, 11) is 0. The normalized spacial score (nSPS) is 16.5. The topological polar surface area (TPSA) is 109 Å². The van der Waals surface area contributed by atoms with Gasteiger partial charge >= 0.3 is 0 Å². The molecule has 5 heterocycles. The van der Waals surface area contributed by atoms with Crippen LogP contribution in [0.25, 0.3) is 15.3 Å². The second-order valence-corrected chi connectivity index (χ2v) is 11.7. The predicted octanol–water partition coefficient (Wildman–Crippen LogP) is 4.24. The van der Waals surface area contributed by atoms with E-state index in [4.69, 9.17) is 0 Å². The lowest BCUT2D eigenvalue weighted by Crippen LogP contribution is -2.51. The zero-order chi connectivity index (χ0) is 27.9. The van der Waals surface area contributed by atoms with E-state index in [9.17, 15) is 14.0 Å². The molecule has 1 spiro atoms. The summed E-state index contributed by atoms with van der Waals surface area (Å²) in [5.74, 6) is -0.542. The Morgan fingerprint density at radius 1 is 1.07 bits per heavy atom. The molecule has 0 atom stereocenters. The molecule has 4 aromatic rings. The van der Waals surface area contributed by atoms with Crippen LogP contribution in [0.1, 0.15) is 64.2 Å². The van der Waals surface area contributed by atoms with E-state index in [0.717, 1.165) is 29.2 Å². The van der Waals surface area contributed by atoms with Gasteiger partial charge in [0, 0.05) is 42.8 Å². The van der Waals surface area contributed by atoms with E-state index in [1.54, 1.807) is 28.4 Å². The van der Waals surface area contributed by atoms with Crippen LogP contribution in [0, 0.1) is 13.8 Å². The van der Waals surface area contributed by atoms with Gasteiger partial charge in [0.15, 0.2) is 0 Å². The first-order chi connectivity index (χ1) is 19.4. The number of carbonyl (C=O) groups is 2. The molecule has 2 fully saturated rings. The Bertz CT molecular complexity index is 1570. The Kier molecular flexibility index (Phi) is 7.13. The zero-order valence-electron chi connectivity index (χ0n) is 22.7. The Morgan fingerprint density at radius 3 is 2.67 bits per heavy atom.